The maximum atomic E-state index is 12.9. The van der Waals surface area contributed by atoms with Crippen molar-refractivity contribution in [1.82, 2.24) is 10.2 Å². The van der Waals surface area contributed by atoms with Crippen molar-refractivity contribution in [2.45, 2.75) is 62.9 Å². The number of ether oxygens (including phenoxy) is 1. The molecule has 180 valence electrons. The molecule has 1 saturated carbocycles. The number of nitrogens with one attached hydrogen (secondary N) is 1. The van der Waals surface area contributed by atoms with E-state index in [1.807, 2.05) is 31.2 Å². The minimum atomic E-state index is -1.11. The number of amides is 2. The Bertz CT molecular complexity index is 1030. The maximum absolute atomic E-state index is 12.9. The lowest BCUT2D eigenvalue weighted by Gasteiger charge is -2.45. The first-order valence-corrected chi connectivity index (χ1v) is 12.0. The van der Waals surface area contributed by atoms with Gasteiger partial charge in [0.1, 0.15) is 12.1 Å². The number of alkyl carbamates (subject to hydrolysis) is 1. The fourth-order valence-corrected chi connectivity index (χ4v) is 5.17. The van der Waals surface area contributed by atoms with Crippen molar-refractivity contribution in [1.29, 1.82) is 0 Å². The number of carboxylic acid groups (broad SMARTS) is 1. The number of carboxylic acids is 1. The Morgan fingerprint density at radius 2 is 1.68 bits per heavy atom. The molecule has 0 aromatic heterocycles. The van der Waals surface area contributed by atoms with E-state index >= 15 is 0 Å². The molecule has 0 heterocycles. The zero-order valence-corrected chi connectivity index (χ0v) is 19.8. The number of aliphatic carboxylic acids is 1. The first kappa shape index (κ1) is 23.8. The van der Waals surface area contributed by atoms with Crippen LogP contribution in [0.4, 0.5) is 4.79 Å². The van der Waals surface area contributed by atoms with Crippen LogP contribution in [0.5, 0.6) is 0 Å². The van der Waals surface area contributed by atoms with Crippen LogP contribution in [0.15, 0.2) is 48.5 Å². The Kier molecular flexibility index (Phi) is 6.91. The molecule has 0 radical (unpaired) electrons. The third kappa shape index (κ3) is 4.39. The van der Waals surface area contributed by atoms with Crippen LogP contribution in [-0.4, -0.2) is 53.2 Å². The summed E-state index contributed by atoms with van der Waals surface area (Å²) in [5.74, 6) is -1.28. The van der Waals surface area contributed by atoms with E-state index < -0.39 is 23.6 Å². The van der Waals surface area contributed by atoms with Gasteiger partial charge >= 0.3 is 12.1 Å². The number of hydrogen-bond acceptors (Lipinski definition) is 4. The summed E-state index contributed by atoms with van der Waals surface area (Å²) in [6.45, 7) is 2.18. The quantitative estimate of drug-likeness (QED) is 0.568. The number of benzene rings is 2. The number of carbonyl (C=O) groups excluding carboxylic acids is 2. The van der Waals surface area contributed by atoms with Gasteiger partial charge in [-0.05, 0) is 47.9 Å². The van der Waals surface area contributed by atoms with Crippen LogP contribution >= 0.6 is 0 Å². The summed E-state index contributed by atoms with van der Waals surface area (Å²) in [6.07, 6.45) is 2.57. The maximum Gasteiger partial charge on any atom is 0.407 e. The molecule has 4 rings (SSSR count). The molecule has 2 amide bonds. The number of rotatable bonds is 9. The SMILES string of the molecule is CCCC(CC(=O)N(C)C1(C(=O)O)CCC1)NC(=O)OCC1c2ccccc2-c2ccccc21. The van der Waals surface area contributed by atoms with Crippen LogP contribution in [0.2, 0.25) is 0 Å². The number of fused-ring (bicyclic) bond motifs is 3. The summed E-state index contributed by atoms with van der Waals surface area (Å²) < 4.78 is 5.63. The standard InChI is InChI=1S/C27H32N2O5/c1-3-9-18(16-24(30)29(2)27(25(31)32)14-8-15-27)28-26(33)34-17-23-21-12-6-4-10-19(21)20-11-5-7-13-22(20)23/h4-7,10-13,18,23H,3,8-9,14-17H2,1-2H3,(H,28,33)(H,31,32). The van der Waals surface area contributed by atoms with Gasteiger partial charge in [0.05, 0.1) is 0 Å². The van der Waals surface area contributed by atoms with Crippen molar-refractivity contribution < 1.29 is 24.2 Å². The molecule has 0 spiro atoms. The monoisotopic (exact) mass is 464 g/mol. The molecule has 1 fully saturated rings. The smallest absolute Gasteiger partial charge is 0.407 e. The molecule has 7 heteroatoms. The van der Waals surface area contributed by atoms with Crippen LogP contribution < -0.4 is 5.32 Å². The molecule has 2 aromatic carbocycles. The summed E-state index contributed by atoms with van der Waals surface area (Å²) in [6, 6.07) is 15.9. The molecule has 2 aromatic rings. The molecule has 0 saturated heterocycles. The van der Waals surface area contributed by atoms with E-state index in [-0.39, 0.29) is 24.9 Å². The Morgan fingerprint density at radius 1 is 1.09 bits per heavy atom. The second-order valence-corrected chi connectivity index (χ2v) is 9.30. The molecular weight excluding hydrogens is 432 g/mol. The van der Waals surface area contributed by atoms with Gasteiger partial charge in [0, 0.05) is 25.4 Å². The second kappa shape index (κ2) is 9.87. The zero-order valence-electron chi connectivity index (χ0n) is 19.8. The largest absolute Gasteiger partial charge is 0.479 e. The third-order valence-electron chi connectivity index (χ3n) is 7.32. The van der Waals surface area contributed by atoms with E-state index in [1.165, 1.54) is 4.90 Å². The number of carbonyl (C=O) groups is 3. The Labute approximate surface area is 200 Å². The minimum absolute atomic E-state index is 0.0374. The summed E-state index contributed by atoms with van der Waals surface area (Å²) in [7, 11) is 1.55. The van der Waals surface area contributed by atoms with Gasteiger partial charge in [-0.2, -0.15) is 0 Å². The predicted molar refractivity (Wildman–Crippen MR) is 129 cm³/mol. The highest BCUT2D eigenvalue weighted by atomic mass is 16.5. The third-order valence-corrected chi connectivity index (χ3v) is 7.32. The Hall–Kier alpha value is -3.35. The highest BCUT2D eigenvalue weighted by Crippen LogP contribution is 2.44. The molecular formula is C27H32N2O5. The van der Waals surface area contributed by atoms with Gasteiger partial charge < -0.3 is 20.1 Å². The van der Waals surface area contributed by atoms with E-state index in [1.54, 1.807) is 7.05 Å². The van der Waals surface area contributed by atoms with Gasteiger partial charge in [-0.3, -0.25) is 4.79 Å². The van der Waals surface area contributed by atoms with Gasteiger partial charge in [-0.25, -0.2) is 9.59 Å². The lowest BCUT2D eigenvalue weighted by Crippen LogP contribution is -2.60. The predicted octanol–water partition coefficient (Wildman–Crippen LogP) is 4.55. The highest BCUT2D eigenvalue weighted by molar-refractivity contribution is 5.88. The summed E-state index contributed by atoms with van der Waals surface area (Å²) in [5, 5.41) is 12.5. The number of likely N-dealkylation sites (N-methyl/N-ethyl adjacent to an activating group) is 1. The molecule has 1 unspecified atom stereocenters. The molecule has 34 heavy (non-hydrogen) atoms. The molecule has 0 bridgehead atoms. The first-order valence-electron chi connectivity index (χ1n) is 12.0. The van der Waals surface area contributed by atoms with Crippen molar-refractivity contribution in [3.05, 3.63) is 59.7 Å². The molecule has 2 aliphatic carbocycles. The molecule has 0 aliphatic heterocycles. The summed E-state index contributed by atoms with van der Waals surface area (Å²) in [4.78, 5) is 38.6. The normalized spacial score (nSPS) is 16.5. The highest BCUT2D eigenvalue weighted by Gasteiger charge is 2.49. The lowest BCUT2D eigenvalue weighted by atomic mass is 9.75. The zero-order chi connectivity index (χ0) is 24.3. The molecule has 2 aliphatic rings. The van der Waals surface area contributed by atoms with E-state index in [0.29, 0.717) is 19.3 Å². The molecule has 1 atom stereocenters. The average molecular weight is 465 g/mol. The van der Waals surface area contributed by atoms with E-state index in [4.69, 9.17) is 4.74 Å². The number of hydrogen-bond donors (Lipinski definition) is 2. The van der Waals surface area contributed by atoms with E-state index in [2.05, 4.69) is 29.6 Å². The van der Waals surface area contributed by atoms with Crippen molar-refractivity contribution in [2.75, 3.05) is 13.7 Å². The van der Waals surface area contributed by atoms with Crippen LogP contribution in [0.1, 0.15) is 62.5 Å². The van der Waals surface area contributed by atoms with E-state index in [9.17, 15) is 19.5 Å². The van der Waals surface area contributed by atoms with Crippen LogP contribution in [0.25, 0.3) is 11.1 Å². The van der Waals surface area contributed by atoms with Gasteiger partial charge in [0.25, 0.3) is 0 Å². The van der Waals surface area contributed by atoms with Gasteiger partial charge in [0.2, 0.25) is 5.91 Å². The minimum Gasteiger partial charge on any atom is -0.479 e. The fraction of sp³-hybridized carbons (Fsp3) is 0.444. The Morgan fingerprint density at radius 3 is 2.18 bits per heavy atom. The van der Waals surface area contributed by atoms with Gasteiger partial charge in [-0.15, -0.1) is 0 Å². The van der Waals surface area contributed by atoms with Crippen LogP contribution in [-0.2, 0) is 14.3 Å². The summed E-state index contributed by atoms with van der Waals surface area (Å²) >= 11 is 0. The summed E-state index contributed by atoms with van der Waals surface area (Å²) in [5.41, 5.74) is 3.48. The van der Waals surface area contributed by atoms with Crippen LogP contribution in [0.3, 0.4) is 0 Å². The average Bonchev–Trinajstić information content (AvgIpc) is 3.10. The van der Waals surface area contributed by atoms with Gasteiger partial charge in [0.15, 0.2) is 0 Å². The van der Waals surface area contributed by atoms with E-state index in [0.717, 1.165) is 35.1 Å². The van der Waals surface area contributed by atoms with Crippen LogP contribution in [0, 0.1) is 0 Å². The topological polar surface area (TPSA) is 95.9 Å². The molecule has 2 N–H and O–H groups in total. The molecule has 7 nitrogen and oxygen atoms in total. The second-order valence-electron chi connectivity index (χ2n) is 9.30. The lowest BCUT2D eigenvalue weighted by molar-refractivity contribution is -0.164. The van der Waals surface area contributed by atoms with Crippen molar-refractivity contribution in [3.8, 4) is 11.1 Å². The fourth-order valence-electron chi connectivity index (χ4n) is 5.17. The van der Waals surface area contributed by atoms with Crippen molar-refractivity contribution in [2.24, 2.45) is 0 Å². The first-order chi connectivity index (χ1) is 16.4. The van der Waals surface area contributed by atoms with Gasteiger partial charge in [-0.1, -0.05) is 61.9 Å². The Balaban J connectivity index is 1.37. The van der Waals surface area contributed by atoms with Crippen molar-refractivity contribution >= 4 is 18.0 Å². The number of nitrogens with zero attached hydrogens (tertiary/aromatic N) is 1. The van der Waals surface area contributed by atoms with Crippen molar-refractivity contribution in [3.63, 3.8) is 0 Å².